The molecule has 0 aromatic heterocycles. The summed E-state index contributed by atoms with van der Waals surface area (Å²) in [6, 6.07) is 28.1. The Labute approximate surface area is 248 Å². The van der Waals surface area contributed by atoms with Crippen molar-refractivity contribution < 1.29 is 28.8 Å². The molecular weight excluding hydrogens is 530 g/mol. The highest BCUT2D eigenvalue weighted by molar-refractivity contribution is 5.60. The van der Waals surface area contributed by atoms with E-state index in [1.165, 1.54) is 5.56 Å². The van der Waals surface area contributed by atoms with E-state index in [-0.39, 0.29) is 24.7 Å². The highest BCUT2D eigenvalue weighted by Crippen LogP contribution is 2.52. The highest BCUT2D eigenvalue weighted by atomic mass is 16.5. The molecule has 0 bridgehead atoms. The maximum Gasteiger partial charge on any atom is 0.203 e. The molecule has 3 atom stereocenters. The lowest BCUT2D eigenvalue weighted by molar-refractivity contribution is 0.0436. The first-order valence-corrected chi connectivity index (χ1v) is 14.1. The summed E-state index contributed by atoms with van der Waals surface area (Å²) < 4.78 is 29.1. The molecule has 1 aliphatic rings. The van der Waals surface area contributed by atoms with Gasteiger partial charge in [0.1, 0.15) is 0 Å². The van der Waals surface area contributed by atoms with Crippen molar-refractivity contribution in [3.63, 3.8) is 0 Å². The summed E-state index contributed by atoms with van der Waals surface area (Å²) in [4.78, 5) is 2.42. The van der Waals surface area contributed by atoms with E-state index in [2.05, 4.69) is 47.4 Å². The molecule has 0 fully saturated rings. The molecule has 0 aliphatic carbocycles. The minimum absolute atomic E-state index is 0.0412. The molecule has 42 heavy (non-hydrogen) atoms. The summed E-state index contributed by atoms with van der Waals surface area (Å²) in [5.41, 5.74) is 5.33. The molecule has 7 nitrogen and oxygen atoms in total. The van der Waals surface area contributed by atoms with Crippen LogP contribution in [0, 0.1) is 0 Å². The number of aliphatic hydroxyl groups is 1. The fourth-order valence-corrected chi connectivity index (χ4v) is 6.33. The molecular formula is C35H39NO6. The van der Waals surface area contributed by atoms with Gasteiger partial charge in [0, 0.05) is 11.6 Å². The number of nitrogens with zero attached hydrogens (tertiary/aromatic N) is 1. The Morgan fingerprint density at radius 3 is 1.86 bits per heavy atom. The fraction of sp³-hybridized carbons (Fsp3) is 0.314. The molecule has 0 saturated carbocycles. The van der Waals surface area contributed by atoms with E-state index in [0.29, 0.717) is 28.7 Å². The number of rotatable bonds is 11. The van der Waals surface area contributed by atoms with Crippen molar-refractivity contribution >= 4 is 0 Å². The zero-order valence-electron chi connectivity index (χ0n) is 24.9. The summed E-state index contributed by atoms with van der Waals surface area (Å²) in [7, 11) is 8.17. The Morgan fingerprint density at radius 1 is 0.714 bits per heavy atom. The van der Waals surface area contributed by atoms with Crippen LogP contribution in [0.2, 0.25) is 0 Å². The van der Waals surface area contributed by atoms with Crippen molar-refractivity contribution in [1.29, 1.82) is 0 Å². The van der Waals surface area contributed by atoms with Crippen LogP contribution >= 0.6 is 0 Å². The Balaban J connectivity index is 1.82. The first kappa shape index (κ1) is 29.3. The Morgan fingerprint density at radius 2 is 1.31 bits per heavy atom. The lowest BCUT2D eigenvalue weighted by Gasteiger charge is -2.48. The van der Waals surface area contributed by atoms with Gasteiger partial charge < -0.3 is 28.8 Å². The molecule has 7 heteroatoms. The molecule has 5 rings (SSSR count). The number of benzene rings is 4. The van der Waals surface area contributed by atoms with Gasteiger partial charge in [-0.2, -0.15) is 0 Å². The second-order valence-electron chi connectivity index (χ2n) is 10.3. The van der Waals surface area contributed by atoms with E-state index >= 15 is 0 Å². The van der Waals surface area contributed by atoms with Gasteiger partial charge in [0.2, 0.25) is 5.75 Å². The predicted octanol–water partition coefficient (Wildman–Crippen LogP) is 6.02. The predicted molar refractivity (Wildman–Crippen MR) is 163 cm³/mol. The fourth-order valence-electron chi connectivity index (χ4n) is 6.33. The number of hydrogen-bond donors (Lipinski definition) is 1. The highest BCUT2D eigenvalue weighted by Gasteiger charge is 2.43. The van der Waals surface area contributed by atoms with Gasteiger partial charge in [-0.15, -0.1) is 0 Å². The largest absolute Gasteiger partial charge is 0.493 e. The van der Waals surface area contributed by atoms with Gasteiger partial charge in [0.25, 0.3) is 0 Å². The van der Waals surface area contributed by atoms with Gasteiger partial charge in [-0.05, 0) is 53.3 Å². The van der Waals surface area contributed by atoms with Crippen molar-refractivity contribution in [3.05, 3.63) is 113 Å². The van der Waals surface area contributed by atoms with Crippen LogP contribution in [0.1, 0.15) is 39.9 Å². The Kier molecular flexibility index (Phi) is 9.20. The summed E-state index contributed by atoms with van der Waals surface area (Å²) in [6.45, 7) is -0.0716. The van der Waals surface area contributed by atoms with Crippen LogP contribution in [-0.2, 0) is 12.8 Å². The second kappa shape index (κ2) is 13.2. The minimum Gasteiger partial charge on any atom is -0.493 e. The molecule has 0 amide bonds. The average Bonchev–Trinajstić information content (AvgIpc) is 3.04. The number of aliphatic hydroxyl groups excluding tert-OH is 1. The van der Waals surface area contributed by atoms with Gasteiger partial charge >= 0.3 is 0 Å². The SMILES string of the molecule is COc1cc([C@H]2c3c(ccc(OC)c3OC)C[C@H](Cc3ccccc3)N2[C@@H](CO)c2ccccc2)cc(OC)c1OC. The van der Waals surface area contributed by atoms with Gasteiger partial charge in [0.05, 0.1) is 54.2 Å². The molecule has 1 N–H and O–H groups in total. The van der Waals surface area contributed by atoms with E-state index in [4.69, 9.17) is 23.7 Å². The number of methoxy groups -OCH3 is 5. The summed E-state index contributed by atoms with van der Waals surface area (Å²) >= 11 is 0. The van der Waals surface area contributed by atoms with Crippen molar-refractivity contribution in [2.45, 2.75) is 31.0 Å². The first-order valence-electron chi connectivity index (χ1n) is 14.1. The number of fused-ring (bicyclic) bond motifs is 1. The maximum absolute atomic E-state index is 11.1. The van der Waals surface area contributed by atoms with Crippen LogP contribution in [0.15, 0.2) is 84.9 Å². The van der Waals surface area contributed by atoms with Crippen LogP contribution in [0.3, 0.4) is 0 Å². The normalized spacial score (nSPS) is 17.2. The third-order valence-corrected chi connectivity index (χ3v) is 8.16. The second-order valence-corrected chi connectivity index (χ2v) is 10.3. The zero-order valence-corrected chi connectivity index (χ0v) is 24.9. The van der Waals surface area contributed by atoms with Crippen LogP contribution in [0.4, 0.5) is 0 Å². The van der Waals surface area contributed by atoms with E-state index in [9.17, 15) is 5.11 Å². The van der Waals surface area contributed by atoms with E-state index in [1.54, 1.807) is 35.5 Å². The zero-order chi connectivity index (χ0) is 29.6. The van der Waals surface area contributed by atoms with Crippen LogP contribution in [0.5, 0.6) is 28.7 Å². The quantitative estimate of drug-likeness (QED) is 0.237. The summed E-state index contributed by atoms with van der Waals surface area (Å²) in [5.74, 6) is 2.95. The Bertz CT molecular complexity index is 1450. The summed E-state index contributed by atoms with van der Waals surface area (Å²) in [5, 5.41) is 11.1. The molecule has 0 unspecified atom stereocenters. The van der Waals surface area contributed by atoms with Crippen molar-refractivity contribution in [3.8, 4) is 28.7 Å². The van der Waals surface area contributed by atoms with Gasteiger partial charge in [-0.25, -0.2) is 0 Å². The maximum atomic E-state index is 11.1. The van der Waals surface area contributed by atoms with Crippen molar-refractivity contribution in [2.75, 3.05) is 42.2 Å². The average molecular weight is 570 g/mol. The molecule has 4 aromatic carbocycles. The van der Waals surface area contributed by atoms with E-state index in [0.717, 1.165) is 35.1 Å². The van der Waals surface area contributed by atoms with Crippen molar-refractivity contribution in [2.24, 2.45) is 0 Å². The molecule has 220 valence electrons. The topological polar surface area (TPSA) is 69.6 Å². The number of ether oxygens (including phenoxy) is 5. The van der Waals surface area contributed by atoms with Crippen LogP contribution in [0.25, 0.3) is 0 Å². The molecule has 0 spiro atoms. The van der Waals surface area contributed by atoms with Crippen LogP contribution < -0.4 is 23.7 Å². The molecule has 1 aliphatic heterocycles. The molecule has 0 saturated heterocycles. The smallest absolute Gasteiger partial charge is 0.203 e. The monoisotopic (exact) mass is 569 g/mol. The third kappa shape index (κ3) is 5.50. The third-order valence-electron chi connectivity index (χ3n) is 8.16. The van der Waals surface area contributed by atoms with Gasteiger partial charge in [0.15, 0.2) is 23.0 Å². The van der Waals surface area contributed by atoms with Crippen LogP contribution in [-0.4, -0.2) is 58.2 Å². The lowest BCUT2D eigenvalue weighted by atomic mass is 9.80. The molecule has 0 radical (unpaired) electrons. The van der Waals surface area contributed by atoms with Gasteiger partial charge in [-0.3, -0.25) is 4.90 Å². The first-order chi connectivity index (χ1) is 20.6. The molecule has 4 aromatic rings. The van der Waals surface area contributed by atoms with E-state index in [1.807, 2.05) is 42.5 Å². The molecule has 1 heterocycles. The van der Waals surface area contributed by atoms with E-state index < -0.39 is 0 Å². The van der Waals surface area contributed by atoms with Gasteiger partial charge in [-0.1, -0.05) is 66.7 Å². The minimum atomic E-state index is -0.349. The van der Waals surface area contributed by atoms with Crippen molar-refractivity contribution in [1.82, 2.24) is 4.90 Å². The summed E-state index contributed by atoms with van der Waals surface area (Å²) in [6.07, 6.45) is 1.55. The lowest BCUT2D eigenvalue weighted by Crippen LogP contribution is -2.48. The number of hydrogen-bond acceptors (Lipinski definition) is 7. The Hall–Kier alpha value is -4.20. The standard InChI is InChI=1S/C35H39NO6/c1-38-29-17-16-25-19-27(18-23-12-8-6-9-13-23)36(28(22-37)24-14-10-7-11-15-24)33(32(25)35(29)42-5)26-20-30(39-2)34(41-4)31(21-26)40-3/h6-17,20-21,27-28,33,37H,18-19,22H2,1-5H3/t27-,28-,33-/m0/s1.